The lowest BCUT2D eigenvalue weighted by Gasteiger charge is -2.32. The van der Waals surface area contributed by atoms with Crippen LogP contribution in [0.25, 0.3) is 0 Å². The maximum atomic E-state index is 12.7. The van der Waals surface area contributed by atoms with Crippen molar-refractivity contribution in [1.29, 1.82) is 0 Å². The first-order chi connectivity index (χ1) is 17.8. The molecule has 0 spiro atoms. The second-order valence-electron chi connectivity index (χ2n) is 10.3. The Balaban J connectivity index is 3.03. The summed E-state index contributed by atoms with van der Waals surface area (Å²) >= 11 is 0. The molecule has 1 aromatic carbocycles. The highest BCUT2D eigenvalue weighted by Crippen LogP contribution is 2.25. The highest BCUT2D eigenvalue weighted by atomic mass is 16.5. The fourth-order valence-corrected chi connectivity index (χ4v) is 3.80. The zero-order valence-corrected chi connectivity index (χ0v) is 23.2. The van der Waals surface area contributed by atoms with Crippen LogP contribution in [-0.4, -0.2) is 92.0 Å². The maximum Gasteiger partial charge on any atom is 0.310 e. The Morgan fingerprint density at radius 3 is 2.24 bits per heavy atom. The average molecular weight is 539 g/mol. The number of aliphatic hydroxyl groups excluding tert-OH is 5. The molecule has 0 unspecified atom stereocenters. The fraction of sp³-hybridized carbons (Fsp3) is 0.621. The van der Waals surface area contributed by atoms with Gasteiger partial charge < -0.3 is 40.1 Å². The molecule has 0 amide bonds. The SMILES string of the molecule is CC(C)=CCC[C@](C)(O)[C@H](O)C[C@@H](OC(=O)Cc1ccccc1)/C(C)=C/CO[C@@H]([C@H](O)[C@@H](C)O)[C@H](O)CO. The molecule has 9 heteroatoms. The molecule has 0 radical (unpaired) electrons. The topological polar surface area (TPSA) is 157 Å². The average Bonchev–Trinajstić information content (AvgIpc) is 2.85. The molecule has 6 N–H and O–H groups in total. The number of benzene rings is 1. The van der Waals surface area contributed by atoms with Crippen LogP contribution in [0.5, 0.6) is 0 Å². The lowest BCUT2D eigenvalue weighted by atomic mass is 9.88. The molecule has 0 aliphatic heterocycles. The van der Waals surface area contributed by atoms with Gasteiger partial charge in [-0.1, -0.05) is 48.1 Å². The second kappa shape index (κ2) is 16.8. The standard InChI is InChI=1S/C29H46O9/c1-19(2)10-9-14-29(5,36)25(33)17-24(38-26(34)16-22-11-7-6-8-12-22)20(3)13-15-37-28(23(32)18-30)27(35)21(4)31/h6-8,10-13,21,23-25,27-28,30-33,35-36H,9,14-18H2,1-5H3/b20-13+/t21-,23-,24-,25-,27-,28-,29+/m1/s1. The van der Waals surface area contributed by atoms with Crippen molar-refractivity contribution in [2.24, 2.45) is 0 Å². The van der Waals surface area contributed by atoms with Gasteiger partial charge in [-0.15, -0.1) is 0 Å². The van der Waals surface area contributed by atoms with E-state index in [9.17, 15) is 35.4 Å². The normalized spacial score (nSPS) is 18.4. The molecule has 0 fully saturated rings. The van der Waals surface area contributed by atoms with Crippen molar-refractivity contribution < 1.29 is 44.9 Å². The lowest BCUT2D eigenvalue weighted by Crippen LogP contribution is -2.46. The van der Waals surface area contributed by atoms with Gasteiger partial charge in [0.05, 0.1) is 37.4 Å². The number of hydrogen-bond acceptors (Lipinski definition) is 9. The quantitative estimate of drug-likeness (QED) is 0.129. The van der Waals surface area contributed by atoms with E-state index < -0.39 is 54.8 Å². The molecule has 0 saturated heterocycles. The first-order valence-corrected chi connectivity index (χ1v) is 13.0. The number of carbonyl (C=O) groups is 1. The predicted molar refractivity (Wildman–Crippen MR) is 144 cm³/mol. The Morgan fingerprint density at radius 1 is 1.05 bits per heavy atom. The van der Waals surface area contributed by atoms with Gasteiger partial charge in [0.15, 0.2) is 0 Å². The van der Waals surface area contributed by atoms with Crippen molar-refractivity contribution in [2.75, 3.05) is 13.2 Å². The zero-order valence-electron chi connectivity index (χ0n) is 23.2. The van der Waals surface area contributed by atoms with Crippen molar-refractivity contribution in [3.8, 4) is 0 Å². The monoisotopic (exact) mass is 538 g/mol. The van der Waals surface area contributed by atoms with Crippen molar-refractivity contribution in [1.82, 2.24) is 0 Å². The van der Waals surface area contributed by atoms with Crippen molar-refractivity contribution >= 4 is 5.97 Å². The Morgan fingerprint density at radius 2 is 1.68 bits per heavy atom. The van der Waals surface area contributed by atoms with Crippen LogP contribution in [-0.2, 0) is 20.7 Å². The van der Waals surface area contributed by atoms with E-state index in [4.69, 9.17) is 9.47 Å². The van der Waals surface area contributed by atoms with E-state index in [1.54, 1.807) is 32.1 Å². The van der Waals surface area contributed by atoms with Gasteiger partial charge in [-0.05, 0) is 58.6 Å². The number of esters is 1. The summed E-state index contributed by atoms with van der Waals surface area (Å²) in [6.45, 7) is 7.64. The summed E-state index contributed by atoms with van der Waals surface area (Å²) < 4.78 is 11.2. The number of rotatable bonds is 17. The van der Waals surface area contributed by atoms with Crippen LogP contribution < -0.4 is 0 Å². The third-order valence-corrected chi connectivity index (χ3v) is 6.42. The number of aliphatic hydroxyl groups is 6. The van der Waals surface area contributed by atoms with E-state index in [1.807, 2.05) is 38.1 Å². The summed E-state index contributed by atoms with van der Waals surface area (Å²) in [4.78, 5) is 12.7. The third-order valence-electron chi connectivity index (χ3n) is 6.42. The second-order valence-corrected chi connectivity index (χ2v) is 10.3. The Labute approximate surface area is 226 Å². The van der Waals surface area contributed by atoms with Gasteiger partial charge in [0, 0.05) is 6.42 Å². The molecule has 0 bridgehead atoms. The van der Waals surface area contributed by atoms with Gasteiger partial charge in [-0.3, -0.25) is 4.79 Å². The number of ether oxygens (including phenoxy) is 2. The van der Waals surface area contributed by atoms with Crippen LogP contribution in [0, 0.1) is 0 Å². The minimum absolute atomic E-state index is 0.0273. The molecule has 0 heterocycles. The van der Waals surface area contributed by atoms with E-state index in [2.05, 4.69) is 0 Å². The number of carbonyl (C=O) groups excluding carboxylic acids is 1. The minimum atomic E-state index is -1.44. The molecule has 1 aromatic rings. The fourth-order valence-electron chi connectivity index (χ4n) is 3.80. The summed E-state index contributed by atoms with van der Waals surface area (Å²) in [7, 11) is 0. The van der Waals surface area contributed by atoms with Gasteiger partial charge in [0.2, 0.25) is 0 Å². The Bertz CT molecular complexity index is 875. The molecule has 0 aliphatic rings. The maximum absolute atomic E-state index is 12.7. The molecule has 1 rings (SSSR count). The zero-order chi connectivity index (χ0) is 28.9. The van der Waals surface area contributed by atoms with Crippen LogP contribution in [0.15, 0.2) is 53.6 Å². The van der Waals surface area contributed by atoms with Crippen LogP contribution in [0.3, 0.4) is 0 Å². The number of hydrogen-bond donors (Lipinski definition) is 6. The molecule has 0 aromatic heterocycles. The summed E-state index contributed by atoms with van der Waals surface area (Å²) in [5.74, 6) is -0.510. The van der Waals surface area contributed by atoms with Gasteiger partial charge in [0.1, 0.15) is 24.4 Å². The van der Waals surface area contributed by atoms with E-state index in [0.717, 1.165) is 11.1 Å². The number of allylic oxidation sites excluding steroid dienone is 2. The summed E-state index contributed by atoms with van der Waals surface area (Å²) in [5, 5.41) is 60.8. The largest absolute Gasteiger partial charge is 0.457 e. The first kappa shape index (κ1) is 33.9. The molecular weight excluding hydrogens is 492 g/mol. The van der Waals surface area contributed by atoms with Gasteiger partial charge in [0.25, 0.3) is 0 Å². The van der Waals surface area contributed by atoms with Crippen LogP contribution in [0.4, 0.5) is 0 Å². The van der Waals surface area contributed by atoms with Crippen molar-refractivity contribution in [3.63, 3.8) is 0 Å². The molecule has 216 valence electrons. The lowest BCUT2D eigenvalue weighted by molar-refractivity contribution is -0.150. The first-order valence-electron chi connectivity index (χ1n) is 13.0. The van der Waals surface area contributed by atoms with E-state index in [-0.39, 0.29) is 19.4 Å². The van der Waals surface area contributed by atoms with Crippen LogP contribution in [0.1, 0.15) is 59.4 Å². The highest BCUT2D eigenvalue weighted by molar-refractivity contribution is 5.73. The van der Waals surface area contributed by atoms with Gasteiger partial charge in [-0.25, -0.2) is 0 Å². The van der Waals surface area contributed by atoms with E-state index in [0.29, 0.717) is 18.4 Å². The highest BCUT2D eigenvalue weighted by Gasteiger charge is 2.34. The van der Waals surface area contributed by atoms with E-state index >= 15 is 0 Å². The Kier molecular flexibility index (Phi) is 15.0. The molecule has 0 aliphatic carbocycles. The molecule has 7 atom stereocenters. The smallest absolute Gasteiger partial charge is 0.310 e. The van der Waals surface area contributed by atoms with Gasteiger partial charge >= 0.3 is 5.97 Å². The van der Waals surface area contributed by atoms with Crippen molar-refractivity contribution in [2.45, 2.75) is 103 Å². The third kappa shape index (κ3) is 12.2. The summed E-state index contributed by atoms with van der Waals surface area (Å²) in [6.07, 6.45) is -3.03. The van der Waals surface area contributed by atoms with E-state index in [1.165, 1.54) is 6.92 Å². The van der Waals surface area contributed by atoms with Gasteiger partial charge in [-0.2, -0.15) is 0 Å². The molecule has 0 saturated carbocycles. The Hall–Kier alpha value is -2.11. The molecule has 38 heavy (non-hydrogen) atoms. The van der Waals surface area contributed by atoms with Crippen LogP contribution in [0.2, 0.25) is 0 Å². The molecular formula is C29H46O9. The summed E-state index contributed by atoms with van der Waals surface area (Å²) in [6, 6.07) is 9.07. The molecule has 9 nitrogen and oxygen atoms in total. The summed E-state index contributed by atoms with van der Waals surface area (Å²) in [5.41, 5.74) is 0.967. The van der Waals surface area contributed by atoms with Crippen molar-refractivity contribution in [3.05, 3.63) is 59.2 Å². The van der Waals surface area contributed by atoms with Crippen LogP contribution >= 0.6 is 0 Å². The minimum Gasteiger partial charge on any atom is -0.457 e. The predicted octanol–water partition coefficient (Wildman–Crippen LogP) is 1.82.